The second-order valence-corrected chi connectivity index (χ2v) is 7.81. The van der Waals surface area contributed by atoms with E-state index in [2.05, 4.69) is 20.8 Å². The number of carbonyl (C=O) groups excluding carboxylic acids is 2. The van der Waals surface area contributed by atoms with Crippen LogP contribution in [0.5, 0.6) is 5.75 Å². The minimum atomic E-state index is -0.593. The second kappa shape index (κ2) is 10.8. The standard InChI is InChI=1S/C22H24FN5O3S/c1-4-31-16-11-9-15(10-12-16)25-19(29)13-32-22-27-26-20(28(22)3)14(2)24-21(30)17-7-5-6-8-18(17)23/h5-12,14H,4,13H2,1-3H3,(H,24,30)(H,25,29)/t14-/m0/s1. The minimum Gasteiger partial charge on any atom is -0.494 e. The van der Waals surface area contributed by atoms with Gasteiger partial charge in [0.1, 0.15) is 11.6 Å². The van der Waals surface area contributed by atoms with Gasteiger partial charge in [0.15, 0.2) is 11.0 Å². The maximum atomic E-state index is 13.8. The van der Waals surface area contributed by atoms with E-state index in [-0.39, 0.29) is 17.2 Å². The Morgan fingerprint density at radius 3 is 2.56 bits per heavy atom. The molecule has 0 aliphatic heterocycles. The maximum absolute atomic E-state index is 13.8. The number of anilines is 1. The topological polar surface area (TPSA) is 98.1 Å². The van der Waals surface area contributed by atoms with Crippen molar-refractivity contribution in [2.75, 3.05) is 17.7 Å². The molecule has 1 heterocycles. The molecule has 2 amide bonds. The molecule has 0 aliphatic carbocycles. The van der Waals surface area contributed by atoms with Crippen LogP contribution in [-0.2, 0) is 11.8 Å². The van der Waals surface area contributed by atoms with Gasteiger partial charge in [-0.15, -0.1) is 10.2 Å². The highest BCUT2D eigenvalue weighted by atomic mass is 32.2. The van der Waals surface area contributed by atoms with Crippen LogP contribution in [-0.4, -0.2) is 38.9 Å². The zero-order valence-electron chi connectivity index (χ0n) is 18.0. The average molecular weight is 458 g/mol. The number of hydrogen-bond donors (Lipinski definition) is 2. The van der Waals surface area contributed by atoms with Crippen molar-refractivity contribution in [3.63, 3.8) is 0 Å². The summed E-state index contributed by atoms with van der Waals surface area (Å²) in [5, 5.41) is 14.3. The SMILES string of the molecule is CCOc1ccc(NC(=O)CSc2nnc([C@H](C)NC(=O)c3ccccc3F)n2C)cc1. The van der Waals surface area contributed by atoms with E-state index >= 15 is 0 Å². The van der Waals surface area contributed by atoms with Gasteiger partial charge in [-0.3, -0.25) is 9.59 Å². The van der Waals surface area contributed by atoms with E-state index < -0.39 is 17.8 Å². The summed E-state index contributed by atoms with van der Waals surface area (Å²) in [5.41, 5.74) is 0.629. The molecule has 1 atom stereocenters. The van der Waals surface area contributed by atoms with E-state index in [1.54, 1.807) is 48.9 Å². The Morgan fingerprint density at radius 2 is 1.88 bits per heavy atom. The number of nitrogens with zero attached hydrogens (tertiary/aromatic N) is 3. The molecule has 168 valence electrons. The summed E-state index contributed by atoms with van der Waals surface area (Å²) in [5.74, 6) is 0.0405. The van der Waals surface area contributed by atoms with E-state index in [1.165, 1.54) is 30.0 Å². The number of carbonyl (C=O) groups is 2. The molecular formula is C22H24FN5O3S. The molecule has 2 N–H and O–H groups in total. The van der Waals surface area contributed by atoms with E-state index in [4.69, 9.17) is 4.74 Å². The molecule has 3 aromatic rings. The first-order chi connectivity index (χ1) is 15.4. The molecule has 3 rings (SSSR count). The minimum absolute atomic E-state index is 0.0397. The monoisotopic (exact) mass is 457 g/mol. The highest BCUT2D eigenvalue weighted by molar-refractivity contribution is 7.99. The summed E-state index contributed by atoms with van der Waals surface area (Å²) in [7, 11) is 1.74. The third-order valence-corrected chi connectivity index (χ3v) is 5.52. The number of benzene rings is 2. The maximum Gasteiger partial charge on any atom is 0.254 e. The van der Waals surface area contributed by atoms with Crippen molar-refractivity contribution in [3.05, 3.63) is 65.7 Å². The summed E-state index contributed by atoms with van der Waals surface area (Å²) in [6, 6.07) is 12.4. The van der Waals surface area contributed by atoms with Gasteiger partial charge >= 0.3 is 0 Å². The lowest BCUT2D eigenvalue weighted by Crippen LogP contribution is -2.29. The lowest BCUT2D eigenvalue weighted by molar-refractivity contribution is -0.113. The van der Waals surface area contributed by atoms with Crippen molar-refractivity contribution < 1.29 is 18.7 Å². The van der Waals surface area contributed by atoms with Crippen molar-refractivity contribution in [1.29, 1.82) is 0 Å². The Bertz CT molecular complexity index is 1090. The lowest BCUT2D eigenvalue weighted by atomic mass is 10.2. The molecule has 0 saturated heterocycles. The van der Waals surface area contributed by atoms with Crippen LogP contribution < -0.4 is 15.4 Å². The first kappa shape index (κ1) is 23.3. The van der Waals surface area contributed by atoms with Crippen molar-refractivity contribution in [1.82, 2.24) is 20.1 Å². The molecule has 0 fully saturated rings. The lowest BCUT2D eigenvalue weighted by Gasteiger charge is -2.14. The number of hydrogen-bond acceptors (Lipinski definition) is 6. The van der Waals surface area contributed by atoms with Crippen LogP contribution in [0.2, 0.25) is 0 Å². The Morgan fingerprint density at radius 1 is 1.16 bits per heavy atom. The largest absolute Gasteiger partial charge is 0.494 e. The van der Waals surface area contributed by atoms with Gasteiger partial charge in [-0.05, 0) is 50.2 Å². The molecule has 32 heavy (non-hydrogen) atoms. The van der Waals surface area contributed by atoms with Gasteiger partial charge in [0, 0.05) is 12.7 Å². The third-order valence-electron chi connectivity index (χ3n) is 4.50. The summed E-state index contributed by atoms with van der Waals surface area (Å²) >= 11 is 1.22. The number of rotatable bonds is 9. The van der Waals surface area contributed by atoms with Crippen LogP contribution in [0.15, 0.2) is 53.7 Å². The Kier molecular flexibility index (Phi) is 7.82. The van der Waals surface area contributed by atoms with Crippen molar-refractivity contribution in [2.45, 2.75) is 25.0 Å². The predicted molar refractivity (Wildman–Crippen MR) is 120 cm³/mol. The Balaban J connectivity index is 1.55. The van der Waals surface area contributed by atoms with E-state index in [0.717, 1.165) is 5.75 Å². The summed E-state index contributed by atoms with van der Waals surface area (Å²) in [6.45, 7) is 4.21. The normalized spacial score (nSPS) is 11.6. The first-order valence-corrected chi connectivity index (χ1v) is 11.0. The van der Waals surface area contributed by atoms with E-state index in [9.17, 15) is 14.0 Å². The predicted octanol–water partition coefficient (Wildman–Crippen LogP) is 3.57. The van der Waals surface area contributed by atoms with E-state index in [0.29, 0.717) is 23.3 Å². The average Bonchev–Trinajstić information content (AvgIpc) is 3.14. The number of nitrogens with one attached hydrogen (secondary N) is 2. The molecule has 0 radical (unpaired) electrons. The van der Waals surface area contributed by atoms with Gasteiger partial charge < -0.3 is 19.9 Å². The van der Waals surface area contributed by atoms with Crippen LogP contribution >= 0.6 is 11.8 Å². The fourth-order valence-corrected chi connectivity index (χ4v) is 3.66. The van der Waals surface area contributed by atoms with Crippen LogP contribution in [0.1, 0.15) is 36.1 Å². The van der Waals surface area contributed by atoms with Crippen LogP contribution in [0.3, 0.4) is 0 Å². The molecule has 0 unspecified atom stereocenters. The van der Waals surface area contributed by atoms with Gasteiger partial charge in [-0.2, -0.15) is 0 Å². The fourth-order valence-electron chi connectivity index (χ4n) is 2.94. The number of ether oxygens (including phenoxy) is 1. The van der Waals surface area contributed by atoms with Crippen LogP contribution in [0.4, 0.5) is 10.1 Å². The molecule has 8 nitrogen and oxygen atoms in total. The summed E-state index contributed by atoms with van der Waals surface area (Å²) < 4.78 is 20.9. The second-order valence-electron chi connectivity index (χ2n) is 6.87. The molecule has 0 aliphatic rings. The van der Waals surface area contributed by atoms with Crippen molar-refractivity contribution >= 4 is 29.3 Å². The first-order valence-electron chi connectivity index (χ1n) is 9.99. The zero-order valence-corrected chi connectivity index (χ0v) is 18.8. The number of aromatic nitrogens is 3. The smallest absolute Gasteiger partial charge is 0.254 e. The van der Waals surface area contributed by atoms with Crippen molar-refractivity contribution in [3.8, 4) is 5.75 Å². The highest BCUT2D eigenvalue weighted by Gasteiger charge is 2.20. The third kappa shape index (κ3) is 5.85. The molecular weight excluding hydrogens is 433 g/mol. The van der Waals surface area contributed by atoms with Gasteiger partial charge in [-0.25, -0.2) is 4.39 Å². The fraction of sp³-hybridized carbons (Fsp3) is 0.273. The summed E-state index contributed by atoms with van der Waals surface area (Å²) in [4.78, 5) is 24.6. The molecule has 0 spiro atoms. The Labute approximate surface area is 189 Å². The number of thioether (sulfide) groups is 1. The molecule has 10 heteroatoms. The zero-order chi connectivity index (χ0) is 23.1. The van der Waals surface area contributed by atoms with Crippen LogP contribution in [0.25, 0.3) is 0 Å². The molecule has 1 aromatic heterocycles. The van der Waals surface area contributed by atoms with E-state index in [1.807, 2.05) is 6.92 Å². The van der Waals surface area contributed by atoms with Gasteiger partial charge in [0.2, 0.25) is 5.91 Å². The molecule has 0 saturated carbocycles. The van der Waals surface area contributed by atoms with Gasteiger partial charge in [0.05, 0.1) is 24.0 Å². The molecule has 2 aromatic carbocycles. The summed E-state index contributed by atoms with van der Waals surface area (Å²) in [6.07, 6.45) is 0. The van der Waals surface area contributed by atoms with Gasteiger partial charge in [0.25, 0.3) is 5.91 Å². The van der Waals surface area contributed by atoms with Gasteiger partial charge in [-0.1, -0.05) is 23.9 Å². The number of amides is 2. The molecule has 0 bridgehead atoms. The quantitative estimate of drug-likeness (QED) is 0.477. The van der Waals surface area contributed by atoms with Crippen molar-refractivity contribution in [2.24, 2.45) is 7.05 Å². The van der Waals surface area contributed by atoms with Crippen LogP contribution in [0, 0.1) is 5.82 Å². The number of halogens is 1. The Hall–Kier alpha value is -3.40. The highest BCUT2D eigenvalue weighted by Crippen LogP contribution is 2.21.